The number of aromatic nitrogens is 2. The van der Waals surface area contributed by atoms with Gasteiger partial charge < -0.3 is 15.3 Å². The summed E-state index contributed by atoms with van der Waals surface area (Å²) in [7, 11) is 0. The first-order valence-corrected chi connectivity index (χ1v) is 12.8. The molecular weight excluding hydrogens is 438 g/mol. The second-order valence-corrected chi connectivity index (χ2v) is 11.6. The minimum absolute atomic E-state index is 0.0822. The molecule has 1 aromatic heterocycles. The van der Waals surface area contributed by atoms with Gasteiger partial charge >= 0.3 is 0 Å². The van der Waals surface area contributed by atoms with Crippen molar-refractivity contribution in [2.45, 2.75) is 71.6 Å². The average molecular weight is 482 g/mol. The number of piperazine rings is 1. The fourth-order valence-electron chi connectivity index (χ4n) is 4.48. The normalized spacial score (nSPS) is 15.3. The van der Waals surface area contributed by atoms with Gasteiger partial charge in [-0.3, -0.25) is 9.69 Å². The first-order valence-electron chi connectivity index (χ1n) is 12.8. The van der Waals surface area contributed by atoms with Gasteiger partial charge in [0.2, 0.25) is 11.9 Å². The number of phenols is 1. The zero-order chi connectivity index (χ0) is 25.6. The van der Waals surface area contributed by atoms with Crippen molar-refractivity contribution in [1.29, 1.82) is 0 Å². The molecule has 1 aliphatic rings. The van der Waals surface area contributed by atoms with E-state index in [-0.39, 0.29) is 16.7 Å². The largest absolute Gasteiger partial charge is 0.507 e. The minimum Gasteiger partial charge on any atom is -0.507 e. The van der Waals surface area contributed by atoms with Gasteiger partial charge in [-0.15, -0.1) is 0 Å². The molecule has 1 amide bonds. The third-order valence-electron chi connectivity index (χ3n) is 6.61. The van der Waals surface area contributed by atoms with Gasteiger partial charge in [0.25, 0.3) is 0 Å². The van der Waals surface area contributed by atoms with E-state index in [1.807, 2.05) is 6.07 Å². The third-order valence-corrected chi connectivity index (χ3v) is 6.61. The standard InChI is InChI=1S/C28H43N5O2/c1-27(2,3)22-19-21(20-23(25(22)35)28(4,5)6)9-10-24(34)29-13-8-14-32-15-17-33(18-16-32)26-30-11-7-12-31-26/h7,11-12,19-20,35H,8-10,13-18H2,1-6H3,(H,29,34). The highest BCUT2D eigenvalue weighted by atomic mass is 16.3. The smallest absolute Gasteiger partial charge is 0.225 e. The molecule has 2 aromatic rings. The van der Waals surface area contributed by atoms with Crippen molar-refractivity contribution < 1.29 is 9.90 Å². The highest BCUT2D eigenvalue weighted by molar-refractivity contribution is 5.76. The Bertz CT molecular complexity index is 936. The predicted octanol–water partition coefficient (Wildman–Crippen LogP) is 4.04. The molecule has 0 unspecified atom stereocenters. The van der Waals surface area contributed by atoms with E-state index < -0.39 is 0 Å². The Morgan fingerprint density at radius 2 is 1.54 bits per heavy atom. The molecule has 3 rings (SSSR count). The van der Waals surface area contributed by atoms with Gasteiger partial charge in [0.1, 0.15) is 5.75 Å². The molecule has 2 N–H and O–H groups in total. The van der Waals surface area contributed by atoms with Crippen LogP contribution in [0.5, 0.6) is 5.75 Å². The van der Waals surface area contributed by atoms with E-state index in [2.05, 4.69) is 78.8 Å². The number of benzene rings is 1. The maximum atomic E-state index is 12.5. The zero-order valence-electron chi connectivity index (χ0n) is 22.4. The Kier molecular flexibility index (Phi) is 8.75. The summed E-state index contributed by atoms with van der Waals surface area (Å²) in [6, 6.07) is 5.97. The SMILES string of the molecule is CC(C)(C)c1cc(CCC(=O)NCCCN2CCN(c3ncccn3)CC2)cc(C(C)(C)C)c1O. The van der Waals surface area contributed by atoms with E-state index >= 15 is 0 Å². The van der Waals surface area contributed by atoms with Crippen molar-refractivity contribution in [3.63, 3.8) is 0 Å². The summed E-state index contributed by atoms with van der Waals surface area (Å²) in [6.07, 6.45) is 5.63. The van der Waals surface area contributed by atoms with Crippen LogP contribution in [0.15, 0.2) is 30.6 Å². The van der Waals surface area contributed by atoms with Crippen LogP contribution < -0.4 is 10.2 Å². The molecule has 7 nitrogen and oxygen atoms in total. The number of phenolic OH excluding ortho intramolecular Hbond substituents is 1. The van der Waals surface area contributed by atoms with Gasteiger partial charge in [0.15, 0.2) is 0 Å². The first-order chi connectivity index (χ1) is 16.4. The number of carbonyl (C=O) groups is 1. The average Bonchev–Trinajstić information content (AvgIpc) is 2.80. The van der Waals surface area contributed by atoms with Crippen LogP contribution in [0.4, 0.5) is 5.95 Å². The van der Waals surface area contributed by atoms with Gasteiger partial charge in [0.05, 0.1) is 0 Å². The van der Waals surface area contributed by atoms with Crippen LogP contribution in [0.2, 0.25) is 0 Å². The zero-order valence-corrected chi connectivity index (χ0v) is 22.4. The number of nitrogens with zero attached hydrogens (tertiary/aromatic N) is 4. The van der Waals surface area contributed by atoms with Gasteiger partial charge in [-0.25, -0.2) is 9.97 Å². The fourth-order valence-corrected chi connectivity index (χ4v) is 4.48. The van der Waals surface area contributed by atoms with E-state index in [1.165, 1.54) is 0 Å². The monoisotopic (exact) mass is 481 g/mol. The van der Waals surface area contributed by atoms with E-state index in [9.17, 15) is 9.90 Å². The molecule has 0 bridgehead atoms. The minimum atomic E-state index is -0.165. The van der Waals surface area contributed by atoms with Crippen molar-refractivity contribution in [3.8, 4) is 5.75 Å². The number of aryl methyl sites for hydroxylation is 1. The van der Waals surface area contributed by atoms with Crippen LogP contribution in [0.1, 0.15) is 71.1 Å². The first kappa shape index (κ1) is 26.9. The van der Waals surface area contributed by atoms with E-state index in [1.54, 1.807) is 12.4 Å². The third kappa shape index (κ3) is 7.66. The maximum absolute atomic E-state index is 12.5. The van der Waals surface area contributed by atoms with Gasteiger partial charge in [0, 0.05) is 51.5 Å². The number of carbonyl (C=O) groups excluding carboxylic acids is 1. The summed E-state index contributed by atoms with van der Waals surface area (Å²) >= 11 is 0. The molecule has 0 spiro atoms. The molecule has 0 atom stereocenters. The number of rotatable bonds is 8. The predicted molar refractivity (Wildman–Crippen MR) is 142 cm³/mol. The molecule has 0 saturated carbocycles. The van der Waals surface area contributed by atoms with E-state index in [0.717, 1.165) is 61.8 Å². The number of amides is 1. The second kappa shape index (κ2) is 11.4. The Morgan fingerprint density at radius 3 is 2.09 bits per heavy atom. The molecular formula is C28H43N5O2. The second-order valence-electron chi connectivity index (χ2n) is 11.6. The van der Waals surface area contributed by atoms with Crippen LogP contribution in [-0.2, 0) is 22.0 Å². The Morgan fingerprint density at radius 1 is 0.971 bits per heavy atom. The Labute approximate surface area is 211 Å². The topological polar surface area (TPSA) is 81.6 Å². The molecule has 7 heteroatoms. The lowest BCUT2D eigenvalue weighted by molar-refractivity contribution is -0.121. The van der Waals surface area contributed by atoms with Crippen molar-refractivity contribution in [3.05, 3.63) is 47.3 Å². The molecule has 1 aliphatic heterocycles. The van der Waals surface area contributed by atoms with Gasteiger partial charge in [-0.2, -0.15) is 0 Å². The molecule has 1 aromatic carbocycles. The lowest BCUT2D eigenvalue weighted by Gasteiger charge is -2.34. The Balaban J connectivity index is 1.42. The number of aromatic hydroxyl groups is 1. The number of hydrogen-bond acceptors (Lipinski definition) is 6. The number of nitrogens with one attached hydrogen (secondary N) is 1. The number of hydrogen-bond donors (Lipinski definition) is 2. The van der Waals surface area contributed by atoms with Crippen molar-refractivity contribution in [2.75, 3.05) is 44.2 Å². The highest BCUT2D eigenvalue weighted by Crippen LogP contribution is 2.39. The van der Waals surface area contributed by atoms with Crippen LogP contribution >= 0.6 is 0 Å². The van der Waals surface area contributed by atoms with Crippen molar-refractivity contribution in [1.82, 2.24) is 20.2 Å². The maximum Gasteiger partial charge on any atom is 0.225 e. The van der Waals surface area contributed by atoms with Crippen LogP contribution in [0.25, 0.3) is 0 Å². The lowest BCUT2D eigenvalue weighted by atomic mass is 9.78. The molecule has 2 heterocycles. The fraction of sp³-hybridized carbons (Fsp3) is 0.607. The van der Waals surface area contributed by atoms with Crippen LogP contribution in [0.3, 0.4) is 0 Å². The van der Waals surface area contributed by atoms with Crippen LogP contribution in [0, 0.1) is 0 Å². The molecule has 192 valence electrons. The molecule has 1 fully saturated rings. The van der Waals surface area contributed by atoms with Crippen LogP contribution in [-0.4, -0.2) is 65.2 Å². The highest BCUT2D eigenvalue weighted by Gasteiger charge is 2.26. The molecule has 0 radical (unpaired) electrons. The lowest BCUT2D eigenvalue weighted by Crippen LogP contribution is -2.47. The van der Waals surface area contributed by atoms with E-state index in [4.69, 9.17) is 0 Å². The van der Waals surface area contributed by atoms with Crippen molar-refractivity contribution >= 4 is 11.9 Å². The summed E-state index contributed by atoms with van der Waals surface area (Å²) in [5.41, 5.74) is 2.66. The Hall–Kier alpha value is -2.67. The number of anilines is 1. The molecule has 0 aliphatic carbocycles. The van der Waals surface area contributed by atoms with Crippen molar-refractivity contribution in [2.24, 2.45) is 0 Å². The quantitative estimate of drug-likeness (QED) is 0.554. The van der Waals surface area contributed by atoms with Gasteiger partial charge in [-0.05, 0) is 53.0 Å². The molecule has 1 saturated heterocycles. The summed E-state index contributed by atoms with van der Waals surface area (Å²) < 4.78 is 0. The summed E-state index contributed by atoms with van der Waals surface area (Å²) in [5.74, 6) is 1.27. The molecule has 35 heavy (non-hydrogen) atoms. The summed E-state index contributed by atoms with van der Waals surface area (Å²) in [5, 5.41) is 14.0. The van der Waals surface area contributed by atoms with E-state index in [0.29, 0.717) is 25.1 Å². The summed E-state index contributed by atoms with van der Waals surface area (Å²) in [4.78, 5) is 25.8. The summed E-state index contributed by atoms with van der Waals surface area (Å²) in [6.45, 7) is 18.2. The van der Waals surface area contributed by atoms with Gasteiger partial charge in [-0.1, -0.05) is 53.7 Å².